The lowest BCUT2D eigenvalue weighted by atomic mass is 10.1. The van der Waals surface area contributed by atoms with Crippen LogP contribution in [-0.2, 0) is 4.79 Å². The number of carbonyl (C=O) groups excluding carboxylic acids is 2. The van der Waals surface area contributed by atoms with Gasteiger partial charge in [-0.25, -0.2) is 0 Å². The van der Waals surface area contributed by atoms with E-state index in [-0.39, 0.29) is 5.91 Å². The number of carbonyl (C=O) groups is 2. The van der Waals surface area contributed by atoms with E-state index >= 15 is 0 Å². The van der Waals surface area contributed by atoms with Crippen molar-refractivity contribution in [1.29, 1.82) is 0 Å². The minimum absolute atomic E-state index is 0.302. The molecule has 2 aromatic carbocycles. The van der Waals surface area contributed by atoms with E-state index in [1.165, 1.54) is 33.6 Å². The SMILES string of the molecule is C=C/C(=C\C=NC)C(=O)Nc1cccc(NC(S)NC(=O)c2cc(OC)c(OC)c(OC)c2)c1. The van der Waals surface area contributed by atoms with Crippen LogP contribution in [0.3, 0.4) is 0 Å². The second-order valence-electron chi connectivity index (χ2n) is 6.70. The van der Waals surface area contributed by atoms with Crippen molar-refractivity contribution in [2.75, 3.05) is 39.0 Å². The van der Waals surface area contributed by atoms with Gasteiger partial charge < -0.3 is 30.2 Å². The number of amides is 2. The van der Waals surface area contributed by atoms with E-state index < -0.39 is 11.4 Å². The summed E-state index contributed by atoms with van der Waals surface area (Å²) in [6.45, 7) is 3.64. The number of anilines is 2. The van der Waals surface area contributed by atoms with Crippen molar-refractivity contribution in [2.24, 2.45) is 4.99 Å². The molecule has 0 fully saturated rings. The van der Waals surface area contributed by atoms with E-state index in [0.29, 0.717) is 39.8 Å². The molecule has 0 aliphatic rings. The summed E-state index contributed by atoms with van der Waals surface area (Å²) < 4.78 is 15.9. The average Bonchev–Trinajstić information content (AvgIpc) is 2.83. The number of thiol groups is 1. The second-order valence-corrected chi connectivity index (χ2v) is 7.22. The molecule has 0 saturated carbocycles. The number of methoxy groups -OCH3 is 3. The number of nitrogens with zero attached hydrogens (tertiary/aromatic N) is 1. The lowest BCUT2D eigenvalue weighted by Crippen LogP contribution is -2.36. The molecule has 1 atom stereocenters. The number of rotatable bonds is 11. The topological polar surface area (TPSA) is 110 Å². The fraction of sp³-hybridized carbons (Fsp3) is 0.208. The molecule has 0 aliphatic carbocycles. The van der Waals surface area contributed by atoms with Gasteiger partial charge in [0, 0.05) is 35.8 Å². The summed E-state index contributed by atoms with van der Waals surface area (Å²) in [6, 6.07) is 10.1. The lowest BCUT2D eigenvalue weighted by molar-refractivity contribution is -0.112. The van der Waals surface area contributed by atoms with Crippen molar-refractivity contribution in [3.63, 3.8) is 0 Å². The van der Waals surface area contributed by atoms with Crippen molar-refractivity contribution >= 4 is 42.0 Å². The summed E-state index contributed by atoms with van der Waals surface area (Å²) in [6.07, 6.45) is 4.52. The van der Waals surface area contributed by atoms with Crippen molar-refractivity contribution in [3.8, 4) is 17.2 Å². The highest BCUT2D eigenvalue weighted by molar-refractivity contribution is 7.81. The number of benzene rings is 2. The van der Waals surface area contributed by atoms with Crippen molar-refractivity contribution < 1.29 is 23.8 Å². The van der Waals surface area contributed by atoms with Crippen molar-refractivity contribution in [1.82, 2.24) is 5.32 Å². The molecule has 1 unspecified atom stereocenters. The first kappa shape index (κ1) is 26.3. The van der Waals surface area contributed by atoms with Gasteiger partial charge in [-0.2, -0.15) is 0 Å². The van der Waals surface area contributed by atoms with Crippen LogP contribution in [-0.4, -0.2) is 51.9 Å². The van der Waals surface area contributed by atoms with Crippen LogP contribution in [0.15, 0.2) is 65.7 Å². The summed E-state index contributed by atoms with van der Waals surface area (Å²) in [4.78, 5) is 29.0. The van der Waals surface area contributed by atoms with Gasteiger partial charge in [0.25, 0.3) is 11.8 Å². The van der Waals surface area contributed by atoms with Gasteiger partial charge in [-0.15, -0.1) is 12.6 Å². The van der Waals surface area contributed by atoms with Crippen LogP contribution >= 0.6 is 12.6 Å². The number of hydrogen-bond acceptors (Lipinski definition) is 8. The van der Waals surface area contributed by atoms with Crippen molar-refractivity contribution in [2.45, 2.75) is 5.50 Å². The largest absolute Gasteiger partial charge is 0.493 e. The summed E-state index contributed by atoms with van der Waals surface area (Å²) in [7, 11) is 6.04. The fourth-order valence-electron chi connectivity index (χ4n) is 2.89. The van der Waals surface area contributed by atoms with Gasteiger partial charge in [0.1, 0.15) is 5.50 Å². The molecule has 0 aromatic heterocycles. The highest BCUT2D eigenvalue weighted by atomic mass is 32.1. The monoisotopic (exact) mass is 484 g/mol. The quantitative estimate of drug-likeness (QED) is 0.128. The Morgan fingerprint density at radius 1 is 1.06 bits per heavy atom. The van der Waals surface area contributed by atoms with Crippen LogP contribution in [0.5, 0.6) is 17.2 Å². The maximum absolute atomic E-state index is 12.8. The molecule has 0 heterocycles. The van der Waals surface area contributed by atoms with Crippen LogP contribution in [0.25, 0.3) is 0 Å². The molecule has 3 N–H and O–H groups in total. The fourth-order valence-corrected chi connectivity index (χ4v) is 3.16. The Labute approximate surface area is 204 Å². The minimum Gasteiger partial charge on any atom is -0.493 e. The van der Waals surface area contributed by atoms with Gasteiger partial charge in [-0.3, -0.25) is 14.6 Å². The molecule has 0 saturated heterocycles. The van der Waals surface area contributed by atoms with E-state index in [2.05, 4.69) is 40.2 Å². The van der Waals surface area contributed by atoms with Crippen molar-refractivity contribution in [3.05, 3.63) is 66.3 Å². The normalized spacial score (nSPS) is 12.0. The Morgan fingerprint density at radius 3 is 2.26 bits per heavy atom. The lowest BCUT2D eigenvalue weighted by Gasteiger charge is -2.18. The molecule has 0 spiro atoms. The van der Waals surface area contributed by atoms with Gasteiger partial charge >= 0.3 is 0 Å². The van der Waals surface area contributed by atoms with Gasteiger partial charge in [0.2, 0.25) is 5.75 Å². The van der Waals surface area contributed by atoms with Crippen LogP contribution in [0.1, 0.15) is 10.4 Å². The first-order chi connectivity index (χ1) is 16.4. The Kier molecular flexibility index (Phi) is 10.0. The van der Waals surface area contributed by atoms with E-state index in [1.807, 2.05) is 0 Å². The van der Waals surface area contributed by atoms with E-state index in [1.54, 1.807) is 49.5 Å². The summed E-state index contributed by atoms with van der Waals surface area (Å²) in [5.41, 5.74) is 1.11. The van der Waals surface area contributed by atoms with E-state index in [9.17, 15) is 9.59 Å². The highest BCUT2D eigenvalue weighted by Crippen LogP contribution is 2.38. The third-order valence-electron chi connectivity index (χ3n) is 4.50. The molecule has 10 heteroatoms. The summed E-state index contributed by atoms with van der Waals surface area (Å²) in [5.74, 6) is 0.367. The van der Waals surface area contributed by atoms with Crippen LogP contribution in [0.2, 0.25) is 0 Å². The Bertz CT molecular complexity index is 1080. The van der Waals surface area contributed by atoms with Crippen LogP contribution in [0.4, 0.5) is 11.4 Å². The zero-order valence-corrected chi connectivity index (χ0v) is 20.3. The zero-order valence-electron chi connectivity index (χ0n) is 19.4. The first-order valence-corrected chi connectivity index (χ1v) is 10.6. The predicted octanol–water partition coefficient (Wildman–Crippen LogP) is 3.52. The molecule has 0 aliphatic heterocycles. The maximum Gasteiger partial charge on any atom is 0.255 e. The molecule has 2 amide bonds. The Balaban J connectivity index is 2.09. The van der Waals surface area contributed by atoms with E-state index in [4.69, 9.17) is 14.2 Å². The molecule has 0 radical (unpaired) electrons. The second kappa shape index (κ2) is 12.9. The van der Waals surface area contributed by atoms with Gasteiger partial charge in [0.05, 0.1) is 21.3 Å². The first-order valence-electron chi connectivity index (χ1n) is 10.1. The van der Waals surface area contributed by atoms with Crippen LogP contribution < -0.4 is 30.2 Å². The zero-order chi connectivity index (χ0) is 25.1. The smallest absolute Gasteiger partial charge is 0.255 e. The number of ether oxygens (including phenoxy) is 3. The molecule has 2 aromatic rings. The molecule has 9 nitrogen and oxygen atoms in total. The molecular weight excluding hydrogens is 456 g/mol. The predicted molar refractivity (Wildman–Crippen MR) is 138 cm³/mol. The Morgan fingerprint density at radius 2 is 1.71 bits per heavy atom. The average molecular weight is 485 g/mol. The molecule has 0 bridgehead atoms. The molecular formula is C24H28N4O5S. The molecule has 34 heavy (non-hydrogen) atoms. The highest BCUT2D eigenvalue weighted by Gasteiger charge is 2.18. The summed E-state index contributed by atoms with van der Waals surface area (Å²) in [5, 5.41) is 8.57. The number of aliphatic imine (C=N–C) groups is 1. The Hall–Kier alpha value is -3.92. The third kappa shape index (κ3) is 7.04. The standard InChI is InChI=1S/C24H28N4O5S/c1-6-15(10-11-25-2)22(29)26-17-8-7-9-18(14-17)27-24(34)28-23(30)16-12-19(31-3)21(33-5)20(13-16)32-4/h6-14,24,27,34H,1H2,2-5H3,(H,26,29)(H,28,30)/b15-10+,25-11?. The van der Waals surface area contributed by atoms with Crippen LogP contribution in [0, 0.1) is 0 Å². The van der Waals surface area contributed by atoms with E-state index in [0.717, 1.165) is 0 Å². The summed E-state index contributed by atoms with van der Waals surface area (Å²) >= 11 is 4.40. The number of allylic oxidation sites excluding steroid dienone is 1. The van der Waals surface area contributed by atoms with Gasteiger partial charge in [0.15, 0.2) is 11.5 Å². The minimum atomic E-state index is -0.734. The maximum atomic E-state index is 12.8. The third-order valence-corrected chi connectivity index (χ3v) is 4.76. The number of hydrogen-bond donors (Lipinski definition) is 4. The van der Waals surface area contributed by atoms with Gasteiger partial charge in [-0.1, -0.05) is 18.7 Å². The molecule has 2 rings (SSSR count). The van der Waals surface area contributed by atoms with Gasteiger partial charge in [-0.05, 0) is 36.4 Å². The molecule has 180 valence electrons. The number of nitrogens with one attached hydrogen (secondary N) is 3.